The number of rotatable bonds is 4. The zero-order valence-electron chi connectivity index (χ0n) is 7.92. The van der Waals surface area contributed by atoms with Crippen LogP contribution in [0, 0.1) is 13.2 Å². The predicted octanol–water partition coefficient (Wildman–Crippen LogP) is -4.23. The normalized spacial score (nSPS) is 13.3. The fourth-order valence-corrected chi connectivity index (χ4v) is 0.572. The zero-order chi connectivity index (χ0) is 7.33. The summed E-state index contributed by atoms with van der Waals surface area (Å²) in [5, 5.41) is 0. The Balaban J connectivity index is -0.000000320. The van der Waals surface area contributed by atoms with Gasteiger partial charge in [0.1, 0.15) is 0 Å². The maximum atomic E-state index is 5.28. The third-order valence-corrected chi connectivity index (χ3v) is 1.50. The van der Waals surface area contributed by atoms with Gasteiger partial charge in [0.25, 0.3) is 0 Å². The summed E-state index contributed by atoms with van der Waals surface area (Å²) in [6.07, 6.45) is 3.66. The fourth-order valence-electron chi connectivity index (χ4n) is 0.572. The molecule has 0 aromatic carbocycles. The van der Waals surface area contributed by atoms with Crippen LogP contribution in [0.3, 0.4) is 0 Å². The molecule has 0 aliphatic rings. The van der Waals surface area contributed by atoms with Gasteiger partial charge in [-0.15, -0.1) is 0 Å². The van der Waals surface area contributed by atoms with Crippen molar-refractivity contribution in [3.63, 3.8) is 0 Å². The van der Waals surface area contributed by atoms with Gasteiger partial charge in [-0.25, -0.2) is 12.2 Å². The van der Waals surface area contributed by atoms with E-state index in [1.54, 1.807) is 7.11 Å². The van der Waals surface area contributed by atoms with E-state index < -0.39 is 5.60 Å². The number of ether oxygens (including phenoxy) is 1. The minimum Gasteiger partial charge on any atom is -0.515 e. The first-order valence-corrected chi connectivity index (χ1v) is 2.92. The van der Waals surface area contributed by atoms with Crippen LogP contribution in [-0.2, 0) is 4.74 Å². The minimum atomic E-state index is -0.528. The van der Waals surface area contributed by atoms with Gasteiger partial charge in [-0.2, -0.15) is 0 Å². The van der Waals surface area contributed by atoms with E-state index >= 15 is 0 Å². The molecule has 0 fully saturated rings. The molecular formula is C8H12Li2O. The second kappa shape index (κ2) is 8.73. The molecule has 0 saturated carbocycles. The Morgan fingerprint density at radius 2 is 1.64 bits per heavy atom. The van der Waals surface area contributed by atoms with E-state index in [1.807, 2.05) is 6.92 Å². The predicted molar refractivity (Wildman–Crippen MR) is 37.8 cm³/mol. The van der Waals surface area contributed by atoms with Crippen molar-refractivity contribution in [3.05, 3.63) is 25.3 Å². The quantitative estimate of drug-likeness (QED) is 0.282. The summed E-state index contributed by atoms with van der Waals surface area (Å²) in [7, 11) is 1.58. The van der Waals surface area contributed by atoms with Crippen LogP contribution in [-0.4, -0.2) is 12.7 Å². The molecule has 0 atom stereocenters. The third kappa shape index (κ3) is 4.97. The van der Waals surface area contributed by atoms with Crippen LogP contribution in [0.1, 0.15) is 13.3 Å². The topological polar surface area (TPSA) is 9.23 Å². The molecule has 0 aliphatic heterocycles. The number of hydrogen-bond acceptors (Lipinski definition) is 1. The maximum absolute atomic E-state index is 5.28. The van der Waals surface area contributed by atoms with Crippen molar-refractivity contribution < 1.29 is 42.5 Å². The molecule has 0 amide bonds. The SMILES string of the molecule is [CH-]=CC(C=[CH-])(CC)OC.[Li+].[Li+]. The standard InChI is InChI=1S/C8H12O.2Li/c1-5-8(6-2,7-3)9-4;;/h1-2,5-6H,7H2,3-4H3;;/q-2;2*+1. The Morgan fingerprint density at radius 3 is 1.64 bits per heavy atom. The smallest absolute Gasteiger partial charge is 0.515 e. The van der Waals surface area contributed by atoms with Crippen LogP contribution in [0.15, 0.2) is 12.2 Å². The van der Waals surface area contributed by atoms with Gasteiger partial charge in [0.05, 0.1) is 0 Å². The van der Waals surface area contributed by atoms with E-state index in [4.69, 9.17) is 17.9 Å². The molecule has 0 bridgehead atoms. The molecule has 0 rings (SSSR count). The first-order valence-electron chi connectivity index (χ1n) is 2.92. The van der Waals surface area contributed by atoms with Crippen molar-refractivity contribution in [2.24, 2.45) is 0 Å². The molecule has 0 N–H and O–H groups in total. The molecule has 0 spiro atoms. The Hall–Kier alpha value is 0.635. The van der Waals surface area contributed by atoms with Crippen LogP contribution >= 0.6 is 0 Å². The minimum absolute atomic E-state index is 0. The van der Waals surface area contributed by atoms with Gasteiger partial charge < -0.3 is 17.9 Å². The van der Waals surface area contributed by atoms with Gasteiger partial charge in [0.2, 0.25) is 0 Å². The summed E-state index contributed by atoms with van der Waals surface area (Å²) in [4.78, 5) is 0. The van der Waals surface area contributed by atoms with Gasteiger partial charge >= 0.3 is 37.7 Å². The van der Waals surface area contributed by atoms with E-state index in [2.05, 4.69) is 0 Å². The van der Waals surface area contributed by atoms with Crippen LogP contribution in [0.5, 0.6) is 0 Å². The second-order valence-electron chi connectivity index (χ2n) is 1.85. The van der Waals surface area contributed by atoms with E-state index in [0.29, 0.717) is 0 Å². The van der Waals surface area contributed by atoms with Crippen LogP contribution in [0.25, 0.3) is 0 Å². The Bertz CT molecular complexity index is 98.7. The molecule has 0 aliphatic carbocycles. The fraction of sp³-hybridized carbons (Fsp3) is 0.500. The molecule has 0 aromatic rings. The molecule has 52 valence electrons. The van der Waals surface area contributed by atoms with E-state index in [-0.39, 0.29) is 37.7 Å². The molecule has 0 unspecified atom stereocenters. The number of hydrogen-bond donors (Lipinski definition) is 0. The summed E-state index contributed by atoms with van der Waals surface area (Å²) in [6, 6.07) is 0. The van der Waals surface area contributed by atoms with Gasteiger partial charge in [-0.3, -0.25) is 0 Å². The van der Waals surface area contributed by atoms with Crippen LogP contribution in [0.4, 0.5) is 0 Å². The van der Waals surface area contributed by atoms with Crippen molar-refractivity contribution in [1.29, 1.82) is 0 Å². The van der Waals surface area contributed by atoms with Crippen LogP contribution < -0.4 is 37.7 Å². The average molecular weight is 138 g/mol. The summed E-state index contributed by atoms with van der Waals surface area (Å²) in [5.41, 5.74) is -0.528. The first kappa shape index (κ1) is 17.6. The zero-order valence-corrected chi connectivity index (χ0v) is 7.92. The maximum Gasteiger partial charge on any atom is 1.00 e. The second-order valence-corrected chi connectivity index (χ2v) is 1.85. The third-order valence-electron chi connectivity index (χ3n) is 1.50. The summed E-state index contributed by atoms with van der Waals surface area (Å²) in [6.45, 7) is 12.5. The summed E-state index contributed by atoms with van der Waals surface area (Å²) >= 11 is 0. The summed E-state index contributed by atoms with van der Waals surface area (Å²) in [5.74, 6) is 0. The molecule has 1 nitrogen and oxygen atoms in total. The monoisotopic (exact) mass is 138 g/mol. The molecule has 0 radical (unpaired) electrons. The van der Waals surface area contributed by atoms with E-state index in [9.17, 15) is 0 Å². The Kier molecular flexibility index (Phi) is 14.0. The van der Waals surface area contributed by atoms with Crippen LogP contribution in [0.2, 0.25) is 0 Å². The molecule has 0 aromatic heterocycles. The molecule has 11 heavy (non-hydrogen) atoms. The van der Waals surface area contributed by atoms with Crippen molar-refractivity contribution in [2.75, 3.05) is 7.11 Å². The van der Waals surface area contributed by atoms with Crippen molar-refractivity contribution >= 4 is 0 Å². The van der Waals surface area contributed by atoms with Crippen molar-refractivity contribution in [2.45, 2.75) is 18.9 Å². The molecule has 0 saturated heterocycles. The Morgan fingerprint density at radius 1 is 1.27 bits per heavy atom. The molecule has 0 heterocycles. The largest absolute Gasteiger partial charge is 1.00 e. The first-order chi connectivity index (χ1) is 4.24. The van der Waals surface area contributed by atoms with Gasteiger partial charge in [-0.05, 0) is 6.42 Å². The van der Waals surface area contributed by atoms with Crippen molar-refractivity contribution in [1.82, 2.24) is 0 Å². The van der Waals surface area contributed by atoms with E-state index in [0.717, 1.165) is 6.42 Å². The van der Waals surface area contributed by atoms with Gasteiger partial charge in [0.15, 0.2) is 0 Å². The van der Waals surface area contributed by atoms with Gasteiger partial charge in [-0.1, -0.05) is 6.92 Å². The van der Waals surface area contributed by atoms with Crippen molar-refractivity contribution in [3.8, 4) is 0 Å². The molecular weight excluding hydrogens is 126 g/mol. The average Bonchev–Trinajstić information content (AvgIpc) is 1.95. The van der Waals surface area contributed by atoms with Gasteiger partial charge in [0, 0.05) is 12.7 Å². The molecule has 3 heteroatoms. The Labute approximate surface area is 93.6 Å². The van der Waals surface area contributed by atoms with E-state index in [1.165, 1.54) is 12.2 Å². The number of methoxy groups -OCH3 is 1. The summed E-state index contributed by atoms with van der Waals surface area (Å²) < 4.78 is 5.02.